The van der Waals surface area contributed by atoms with Gasteiger partial charge in [-0.1, -0.05) is 30.3 Å². The first-order valence-electron chi connectivity index (χ1n) is 8.78. The highest BCUT2D eigenvalue weighted by Crippen LogP contribution is 2.28. The summed E-state index contributed by atoms with van der Waals surface area (Å²) in [5.41, 5.74) is 0.629. The van der Waals surface area contributed by atoms with Crippen molar-refractivity contribution in [3.8, 4) is 0 Å². The van der Waals surface area contributed by atoms with Crippen molar-refractivity contribution in [2.75, 3.05) is 27.4 Å². The van der Waals surface area contributed by atoms with E-state index in [-0.39, 0.29) is 18.6 Å². The zero-order valence-corrected chi connectivity index (χ0v) is 17.0. The van der Waals surface area contributed by atoms with Crippen LogP contribution in [-0.2, 0) is 19.0 Å². The number of esters is 2. The summed E-state index contributed by atoms with van der Waals surface area (Å²) in [5, 5.41) is 0.279. The first kappa shape index (κ1) is 20.7. The monoisotopic (exact) mass is 416 g/mol. The van der Waals surface area contributed by atoms with Crippen LogP contribution in [0.5, 0.6) is 0 Å². The van der Waals surface area contributed by atoms with E-state index < -0.39 is 23.5 Å². The number of hydrogen-bond donors (Lipinski definition) is 0. The molecular formula is C20H20N2O6S. The van der Waals surface area contributed by atoms with E-state index in [9.17, 15) is 14.4 Å². The number of fused-ring (bicyclic) bond motifs is 1. The maximum atomic E-state index is 13.2. The molecule has 0 fully saturated rings. The molecule has 0 aliphatic carbocycles. The Hall–Kier alpha value is -3.04. The van der Waals surface area contributed by atoms with Crippen LogP contribution in [0.2, 0.25) is 0 Å². The zero-order chi connectivity index (χ0) is 21.0. The first-order chi connectivity index (χ1) is 14.0. The van der Waals surface area contributed by atoms with Crippen LogP contribution in [0.3, 0.4) is 0 Å². The van der Waals surface area contributed by atoms with Gasteiger partial charge in [0.1, 0.15) is 22.6 Å². The number of nitrogens with zero attached hydrogens (tertiary/aromatic N) is 2. The van der Waals surface area contributed by atoms with Crippen LogP contribution in [-0.4, -0.2) is 48.9 Å². The molecule has 0 N–H and O–H groups in total. The number of aryl methyl sites for hydroxylation is 1. The van der Waals surface area contributed by atoms with E-state index in [1.807, 2.05) is 6.07 Å². The van der Waals surface area contributed by atoms with Gasteiger partial charge in [0, 0.05) is 7.11 Å². The number of thiophene rings is 1. The lowest BCUT2D eigenvalue weighted by atomic mass is 10.1. The summed E-state index contributed by atoms with van der Waals surface area (Å²) < 4.78 is 16.2. The molecule has 0 bridgehead atoms. The van der Waals surface area contributed by atoms with E-state index in [0.717, 1.165) is 11.3 Å². The molecule has 1 unspecified atom stereocenters. The Bertz CT molecular complexity index is 1090. The molecule has 3 aromatic rings. The Kier molecular flexibility index (Phi) is 6.40. The predicted octanol–water partition coefficient (Wildman–Crippen LogP) is 2.33. The molecule has 1 atom stereocenters. The molecule has 0 amide bonds. The Morgan fingerprint density at radius 2 is 1.90 bits per heavy atom. The molecule has 0 saturated heterocycles. The standard InChI is InChI=1S/C20H20N2O6S/c1-12-14-17(29-16(12)20(25)28-10-9-26-2)21-11-22(18(14)23)15(19(24)27-3)13-7-5-4-6-8-13/h4-8,11,15H,9-10H2,1-3H3. The highest BCUT2D eigenvalue weighted by molar-refractivity contribution is 7.20. The van der Waals surface area contributed by atoms with Gasteiger partial charge >= 0.3 is 11.9 Å². The van der Waals surface area contributed by atoms with Gasteiger partial charge in [0.25, 0.3) is 5.56 Å². The van der Waals surface area contributed by atoms with Crippen LogP contribution in [0, 0.1) is 6.92 Å². The van der Waals surface area contributed by atoms with Crippen LogP contribution < -0.4 is 5.56 Å². The Morgan fingerprint density at radius 1 is 1.17 bits per heavy atom. The first-order valence-corrected chi connectivity index (χ1v) is 9.60. The number of carbonyl (C=O) groups excluding carboxylic acids is 2. The third kappa shape index (κ3) is 4.06. The second kappa shape index (κ2) is 8.97. The minimum Gasteiger partial charge on any atom is -0.467 e. The largest absolute Gasteiger partial charge is 0.467 e. The van der Waals surface area contributed by atoms with Crippen molar-refractivity contribution < 1.29 is 23.8 Å². The van der Waals surface area contributed by atoms with E-state index in [4.69, 9.17) is 14.2 Å². The van der Waals surface area contributed by atoms with Crippen molar-refractivity contribution in [3.63, 3.8) is 0 Å². The summed E-state index contributed by atoms with van der Waals surface area (Å²) in [6.45, 7) is 2.05. The van der Waals surface area contributed by atoms with E-state index >= 15 is 0 Å². The van der Waals surface area contributed by atoms with E-state index in [2.05, 4.69) is 4.98 Å². The van der Waals surface area contributed by atoms with Crippen LogP contribution >= 0.6 is 11.3 Å². The molecular weight excluding hydrogens is 396 g/mol. The predicted molar refractivity (Wildman–Crippen MR) is 107 cm³/mol. The molecule has 2 heterocycles. The summed E-state index contributed by atoms with van der Waals surface area (Å²) in [5.74, 6) is -1.13. The molecule has 1 aromatic carbocycles. The summed E-state index contributed by atoms with van der Waals surface area (Å²) in [7, 11) is 2.77. The lowest BCUT2D eigenvalue weighted by molar-refractivity contribution is -0.143. The van der Waals surface area contributed by atoms with Crippen molar-refractivity contribution in [1.29, 1.82) is 0 Å². The van der Waals surface area contributed by atoms with E-state index in [1.54, 1.807) is 31.2 Å². The summed E-state index contributed by atoms with van der Waals surface area (Å²) >= 11 is 1.08. The molecule has 152 valence electrons. The Balaban J connectivity index is 2.09. The number of rotatable bonds is 7. The minimum atomic E-state index is -0.984. The molecule has 29 heavy (non-hydrogen) atoms. The highest BCUT2D eigenvalue weighted by Gasteiger charge is 2.27. The molecule has 2 aromatic heterocycles. The van der Waals surface area contributed by atoms with Crippen molar-refractivity contribution in [2.24, 2.45) is 0 Å². The maximum absolute atomic E-state index is 13.2. The van der Waals surface area contributed by atoms with Crippen LogP contribution in [0.1, 0.15) is 26.8 Å². The molecule has 8 nitrogen and oxygen atoms in total. The number of benzene rings is 1. The van der Waals surface area contributed by atoms with E-state index in [0.29, 0.717) is 20.8 Å². The number of aromatic nitrogens is 2. The van der Waals surface area contributed by atoms with Gasteiger partial charge in [-0.2, -0.15) is 0 Å². The number of carbonyl (C=O) groups is 2. The van der Waals surface area contributed by atoms with Crippen molar-refractivity contribution in [2.45, 2.75) is 13.0 Å². The van der Waals surface area contributed by atoms with Gasteiger partial charge < -0.3 is 14.2 Å². The third-order valence-electron chi connectivity index (χ3n) is 4.40. The summed E-state index contributed by atoms with van der Waals surface area (Å²) in [4.78, 5) is 43.0. The molecule has 9 heteroatoms. The zero-order valence-electron chi connectivity index (χ0n) is 16.2. The van der Waals surface area contributed by atoms with Crippen molar-refractivity contribution in [3.05, 3.63) is 63.0 Å². The van der Waals surface area contributed by atoms with Gasteiger partial charge in [0.05, 0.1) is 19.1 Å². The molecule has 0 aliphatic heterocycles. The van der Waals surface area contributed by atoms with Crippen molar-refractivity contribution in [1.82, 2.24) is 9.55 Å². The lowest BCUT2D eigenvalue weighted by Crippen LogP contribution is -2.31. The molecule has 0 spiro atoms. The fourth-order valence-corrected chi connectivity index (χ4v) is 3.99. The van der Waals surface area contributed by atoms with E-state index in [1.165, 1.54) is 25.1 Å². The SMILES string of the molecule is COCCOC(=O)c1sc2ncn(C(C(=O)OC)c3ccccc3)c(=O)c2c1C. The fourth-order valence-electron chi connectivity index (χ4n) is 2.96. The smallest absolute Gasteiger partial charge is 0.348 e. The topological polar surface area (TPSA) is 96.7 Å². The summed E-state index contributed by atoms with van der Waals surface area (Å²) in [6, 6.07) is 7.83. The van der Waals surface area contributed by atoms with Gasteiger partial charge in [-0.3, -0.25) is 9.36 Å². The normalized spacial score (nSPS) is 12.0. The molecule has 0 aliphatic rings. The van der Waals surface area contributed by atoms with Gasteiger partial charge in [0.2, 0.25) is 0 Å². The molecule has 0 saturated carbocycles. The van der Waals surface area contributed by atoms with Gasteiger partial charge in [-0.15, -0.1) is 11.3 Å². The second-order valence-corrected chi connectivity index (χ2v) is 7.16. The van der Waals surface area contributed by atoms with Crippen LogP contribution in [0.15, 0.2) is 41.5 Å². The molecule has 3 rings (SSSR count). The van der Waals surface area contributed by atoms with Crippen LogP contribution in [0.4, 0.5) is 0 Å². The van der Waals surface area contributed by atoms with Gasteiger partial charge in [-0.25, -0.2) is 14.6 Å². The quantitative estimate of drug-likeness (QED) is 0.431. The Morgan fingerprint density at radius 3 is 2.55 bits per heavy atom. The Labute approximate surface area is 170 Å². The lowest BCUT2D eigenvalue weighted by Gasteiger charge is -2.17. The number of ether oxygens (including phenoxy) is 3. The highest BCUT2D eigenvalue weighted by atomic mass is 32.1. The minimum absolute atomic E-state index is 0.110. The average Bonchev–Trinajstić information content (AvgIpc) is 3.08. The van der Waals surface area contributed by atoms with Crippen molar-refractivity contribution >= 4 is 33.5 Å². The van der Waals surface area contributed by atoms with Gasteiger partial charge in [-0.05, 0) is 18.1 Å². The van der Waals surface area contributed by atoms with Gasteiger partial charge in [0.15, 0.2) is 6.04 Å². The maximum Gasteiger partial charge on any atom is 0.348 e. The number of methoxy groups -OCH3 is 2. The molecule has 0 radical (unpaired) electrons. The average molecular weight is 416 g/mol. The second-order valence-electron chi connectivity index (χ2n) is 6.16. The number of hydrogen-bond acceptors (Lipinski definition) is 8. The van der Waals surface area contributed by atoms with Crippen LogP contribution in [0.25, 0.3) is 10.2 Å². The third-order valence-corrected chi connectivity index (χ3v) is 5.58. The summed E-state index contributed by atoms with van der Waals surface area (Å²) in [6.07, 6.45) is 1.30. The fraction of sp³-hybridized carbons (Fsp3) is 0.300.